The third kappa shape index (κ3) is 1.93. The second kappa shape index (κ2) is 4.23. The van der Waals surface area contributed by atoms with Gasteiger partial charge in [0.2, 0.25) is 5.16 Å². The van der Waals surface area contributed by atoms with Crippen LogP contribution in [0.25, 0.3) is 11.5 Å². The second-order valence-electron chi connectivity index (χ2n) is 2.61. The van der Waals surface area contributed by atoms with Crippen LogP contribution in [0.2, 0.25) is 0 Å². The van der Waals surface area contributed by atoms with Gasteiger partial charge in [-0.15, -0.1) is 5.10 Å². The van der Waals surface area contributed by atoms with E-state index in [2.05, 4.69) is 27.1 Å². The van der Waals surface area contributed by atoms with E-state index < -0.39 is 0 Å². The van der Waals surface area contributed by atoms with Crippen LogP contribution in [0.3, 0.4) is 0 Å². The van der Waals surface area contributed by atoms with Crippen molar-refractivity contribution in [2.45, 2.75) is 12.1 Å². The first-order valence-corrected chi connectivity index (χ1v) is 5.35. The van der Waals surface area contributed by atoms with Gasteiger partial charge in [0.25, 0.3) is 0 Å². The van der Waals surface area contributed by atoms with Gasteiger partial charge in [-0.1, -0.05) is 24.8 Å². The molecule has 0 atom stereocenters. The smallest absolute Gasteiger partial charge is 0.208 e. The van der Waals surface area contributed by atoms with Gasteiger partial charge >= 0.3 is 0 Å². The molecule has 0 amide bonds. The maximum atomic E-state index is 4.30. The van der Waals surface area contributed by atoms with Crippen molar-refractivity contribution in [3.63, 3.8) is 0 Å². The van der Waals surface area contributed by atoms with Crippen LogP contribution >= 0.6 is 11.8 Å². The third-order valence-corrected chi connectivity index (χ3v) is 2.38. The van der Waals surface area contributed by atoms with Gasteiger partial charge in [-0.05, 0) is 17.9 Å². The first-order valence-electron chi connectivity index (χ1n) is 4.36. The topological polar surface area (TPSA) is 54.5 Å². The monoisotopic (exact) mass is 206 g/mol. The lowest BCUT2D eigenvalue weighted by atomic mass is 10.3. The molecule has 0 saturated carbocycles. The molecule has 72 valence electrons. The standard InChI is InChI=1S/C9H10N4S/c1-2-14-9-11-8(12-13-9)7-5-3-4-6-10-7/h3-6H,2H2,1H3,(H,11,12,13). The fourth-order valence-corrected chi connectivity index (χ4v) is 1.58. The number of hydrogen-bond donors (Lipinski definition) is 1. The van der Waals surface area contributed by atoms with Crippen LogP contribution in [0.4, 0.5) is 0 Å². The largest absolute Gasteiger partial charge is 0.257 e. The zero-order valence-electron chi connectivity index (χ0n) is 7.77. The number of pyridine rings is 1. The van der Waals surface area contributed by atoms with Crippen molar-refractivity contribution in [2.75, 3.05) is 5.75 Å². The minimum atomic E-state index is 0.724. The number of aromatic amines is 1. The molecule has 2 aromatic heterocycles. The summed E-state index contributed by atoms with van der Waals surface area (Å²) in [5, 5.41) is 7.70. The van der Waals surface area contributed by atoms with Gasteiger partial charge in [0.1, 0.15) is 5.69 Å². The molecule has 2 heterocycles. The first kappa shape index (κ1) is 9.21. The van der Waals surface area contributed by atoms with Crippen molar-refractivity contribution in [1.82, 2.24) is 20.2 Å². The molecule has 0 saturated heterocycles. The first-order chi connectivity index (χ1) is 6.90. The van der Waals surface area contributed by atoms with Crippen LogP contribution in [0, 0.1) is 0 Å². The molecule has 1 N–H and O–H groups in total. The van der Waals surface area contributed by atoms with E-state index in [9.17, 15) is 0 Å². The predicted octanol–water partition coefficient (Wildman–Crippen LogP) is 1.98. The highest BCUT2D eigenvalue weighted by Crippen LogP contribution is 2.16. The Morgan fingerprint density at radius 2 is 2.36 bits per heavy atom. The minimum Gasteiger partial charge on any atom is -0.257 e. The Bertz CT molecular complexity index is 398. The van der Waals surface area contributed by atoms with Gasteiger partial charge in [-0.3, -0.25) is 10.1 Å². The van der Waals surface area contributed by atoms with Gasteiger partial charge in [0, 0.05) is 6.20 Å². The highest BCUT2D eigenvalue weighted by atomic mass is 32.2. The second-order valence-corrected chi connectivity index (χ2v) is 3.85. The highest BCUT2D eigenvalue weighted by Gasteiger charge is 2.04. The maximum absolute atomic E-state index is 4.30. The van der Waals surface area contributed by atoms with E-state index in [1.807, 2.05) is 18.2 Å². The molecule has 0 aliphatic carbocycles. The summed E-state index contributed by atoms with van der Waals surface area (Å²) >= 11 is 1.61. The normalized spacial score (nSPS) is 10.4. The number of aromatic nitrogens is 4. The van der Waals surface area contributed by atoms with Crippen LogP contribution in [0.15, 0.2) is 29.6 Å². The quantitative estimate of drug-likeness (QED) is 0.780. The van der Waals surface area contributed by atoms with E-state index in [0.717, 1.165) is 22.4 Å². The average molecular weight is 206 g/mol. The van der Waals surface area contributed by atoms with E-state index in [1.54, 1.807) is 18.0 Å². The Kier molecular flexibility index (Phi) is 2.78. The Balaban J connectivity index is 2.25. The molecule has 2 rings (SSSR count). The lowest BCUT2D eigenvalue weighted by molar-refractivity contribution is 0.974. The van der Waals surface area contributed by atoms with Crippen LogP contribution in [-0.2, 0) is 0 Å². The Hall–Kier alpha value is -1.36. The van der Waals surface area contributed by atoms with Crippen molar-refractivity contribution < 1.29 is 0 Å². The van der Waals surface area contributed by atoms with Crippen molar-refractivity contribution in [2.24, 2.45) is 0 Å². The molecule has 5 heteroatoms. The molecular weight excluding hydrogens is 196 g/mol. The summed E-state index contributed by atoms with van der Waals surface area (Å²) in [4.78, 5) is 8.48. The summed E-state index contributed by atoms with van der Waals surface area (Å²) in [5.41, 5.74) is 0.822. The number of H-pyrrole nitrogens is 1. The average Bonchev–Trinajstić information content (AvgIpc) is 2.68. The van der Waals surface area contributed by atoms with Crippen LogP contribution in [0.1, 0.15) is 6.92 Å². The summed E-state index contributed by atoms with van der Waals surface area (Å²) in [6.45, 7) is 2.07. The van der Waals surface area contributed by atoms with Crippen LogP contribution < -0.4 is 0 Å². The van der Waals surface area contributed by atoms with Crippen molar-refractivity contribution in [3.05, 3.63) is 24.4 Å². The van der Waals surface area contributed by atoms with Gasteiger partial charge in [0.05, 0.1) is 0 Å². The molecule has 0 aromatic carbocycles. The lowest BCUT2D eigenvalue weighted by Gasteiger charge is -1.91. The Labute approximate surface area is 86.2 Å². The van der Waals surface area contributed by atoms with Gasteiger partial charge in [-0.25, -0.2) is 0 Å². The summed E-state index contributed by atoms with van der Waals surface area (Å²) in [6.07, 6.45) is 1.74. The van der Waals surface area contributed by atoms with Crippen molar-refractivity contribution >= 4 is 11.8 Å². The van der Waals surface area contributed by atoms with Gasteiger partial charge in [0.15, 0.2) is 5.82 Å². The molecule has 0 radical (unpaired) electrons. The number of rotatable bonds is 3. The third-order valence-electron chi connectivity index (χ3n) is 1.65. The van der Waals surface area contributed by atoms with Crippen LogP contribution in [-0.4, -0.2) is 25.9 Å². The molecule has 2 aromatic rings. The van der Waals surface area contributed by atoms with E-state index in [1.165, 1.54) is 0 Å². The Morgan fingerprint density at radius 1 is 1.43 bits per heavy atom. The maximum Gasteiger partial charge on any atom is 0.208 e. The van der Waals surface area contributed by atoms with Crippen molar-refractivity contribution in [1.29, 1.82) is 0 Å². The van der Waals surface area contributed by atoms with Gasteiger partial charge in [-0.2, -0.15) is 4.98 Å². The molecule has 14 heavy (non-hydrogen) atoms. The van der Waals surface area contributed by atoms with Crippen LogP contribution in [0.5, 0.6) is 0 Å². The molecule has 4 nitrogen and oxygen atoms in total. The summed E-state index contributed by atoms with van der Waals surface area (Å²) < 4.78 is 0. The highest BCUT2D eigenvalue weighted by molar-refractivity contribution is 7.99. The number of nitrogens with zero attached hydrogens (tertiary/aromatic N) is 3. The number of hydrogen-bond acceptors (Lipinski definition) is 4. The Morgan fingerprint density at radius 3 is 3.07 bits per heavy atom. The van der Waals surface area contributed by atoms with E-state index in [4.69, 9.17) is 0 Å². The minimum absolute atomic E-state index is 0.724. The number of nitrogens with one attached hydrogen (secondary N) is 1. The van der Waals surface area contributed by atoms with Gasteiger partial charge < -0.3 is 0 Å². The molecule has 0 bridgehead atoms. The lowest BCUT2D eigenvalue weighted by Crippen LogP contribution is -1.83. The molecule has 0 spiro atoms. The fraction of sp³-hybridized carbons (Fsp3) is 0.222. The summed E-state index contributed by atoms with van der Waals surface area (Å²) in [7, 11) is 0. The van der Waals surface area contributed by atoms with E-state index >= 15 is 0 Å². The van der Waals surface area contributed by atoms with E-state index in [0.29, 0.717) is 0 Å². The zero-order valence-corrected chi connectivity index (χ0v) is 8.58. The molecule has 0 fully saturated rings. The molecule has 0 aliphatic heterocycles. The SMILES string of the molecule is CCSc1n[nH]c(-c2ccccn2)n1. The molecular formula is C9H10N4S. The molecule has 0 unspecified atom stereocenters. The van der Waals surface area contributed by atoms with Crippen molar-refractivity contribution in [3.8, 4) is 11.5 Å². The fourth-order valence-electron chi connectivity index (χ4n) is 1.06. The predicted molar refractivity (Wildman–Crippen MR) is 56.0 cm³/mol. The van der Waals surface area contributed by atoms with E-state index in [-0.39, 0.29) is 0 Å². The number of thioether (sulfide) groups is 1. The summed E-state index contributed by atoms with van der Waals surface area (Å²) in [6, 6.07) is 5.71. The summed E-state index contributed by atoms with van der Waals surface area (Å²) in [5.74, 6) is 1.70. The molecule has 0 aliphatic rings. The zero-order chi connectivity index (χ0) is 9.80.